The van der Waals surface area contributed by atoms with Gasteiger partial charge in [0.2, 0.25) is 10.0 Å². The predicted molar refractivity (Wildman–Crippen MR) is 78.4 cm³/mol. The molecule has 0 heterocycles. The highest BCUT2D eigenvalue weighted by atomic mass is 32.2. The fourth-order valence-corrected chi connectivity index (χ4v) is 2.71. The highest BCUT2D eigenvalue weighted by Gasteiger charge is 2.16. The SMILES string of the molecule is CC(C)C(C)CNS(=O)(=O)c1ccc(CCN)cc1. The van der Waals surface area contributed by atoms with Crippen molar-refractivity contribution in [2.24, 2.45) is 17.6 Å². The van der Waals surface area contributed by atoms with Crippen LogP contribution in [0.4, 0.5) is 0 Å². The molecule has 0 aliphatic rings. The Morgan fingerprint density at radius 3 is 2.21 bits per heavy atom. The molecule has 4 nitrogen and oxygen atoms in total. The first-order valence-electron chi connectivity index (χ1n) is 6.65. The Bertz CT molecular complexity index is 481. The molecule has 0 radical (unpaired) electrons. The predicted octanol–water partition coefficient (Wildman–Crippen LogP) is 1.76. The van der Waals surface area contributed by atoms with E-state index in [0.29, 0.717) is 29.8 Å². The fourth-order valence-electron chi connectivity index (χ4n) is 1.56. The van der Waals surface area contributed by atoms with Gasteiger partial charge in [-0.05, 0) is 42.5 Å². The Balaban J connectivity index is 2.71. The van der Waals surface area contributed by atoms with Crippen molar-refractivity contribution in [1.29, 1.82) is 0 Å². The topological polar surface area (TPSA) is 72.2 Å². The van der Waals surface area contributed by atoms with Gasteiger partial charge in [-0.1, -0.05) is 32.9 Å². The fraction of sp³-hybridized carbons (Fsp3) is 0.571. The minimum Gasteiger partial charge on any atom is -0.330 e. The molecule has 5 heteroatoms. The van der Waals surface area contributed by atoms with Gasteiger partial charge >= 0.3 is 0 Å². The Morgan fingerprint density at radius 1 is 1.16 bits per heavy atom. The van der Waals surface area contributed by atoms with E-state index in [-0.39, 0.29) is 0 Å². The Labute approximate surface area is 116 Å². The number of rotatable bonds is 7. The van der Waals surface area contributed by atoms with Crippen LogP contribution < -0.4 is 10.5 Å². The second kappa shape index (κ2) is 7.03. The molecular formula is C14H24N2O2S. The van der Waals surface area contributed by atoms with Crippen molar-refractivity contribution in [3.05, 3.63) is 29.8 Å². The monoisotopic (exact) mass is 284 g/mol. The number of sulfonamides is 1. The lowest BCUT2D eigenvalue weighted by molar-refractivity contribution is 0.414. The van der Waals surface area contributed by atoms with Gasteiger partial charge in [-0.25, -0.2) is 13.1 Å². The van der Waals surface area contributed by atoms with Crippen LogP contribution in [0.5, 0.6) is 0 Å². The molecule has 0 bridgehead atoms. The summed E-state index contributed by atoms with van der Waals surface area (Å²) >= 11 is 0. The van der Waals surface area contributed by atoms with Crippen molar-refractivity contribution in [2.45, 2.75) is 32.1 Å². The van der Waals surface area contributed by atoms with Crippen LogP contribution in [0.25, 0.3) is 0 Å². The van der Waals surface area contributed by atoms with E-state index in [1.165, 1.54) is 0 Å². The average Bonchev–Trinajstić information content (AvgIpc) is 2.37. The van der Waals surface area contributed by atoms with Gasteiger partial charge < -0.3 is 5.73 Å². The third-order valence-electron chi connectivity index (χ3n) is 3.40. The molecule has 1 aromatic rings. The van der Waals surface area contributed by atoms with Crippen LogP contribution in [0.15, 0.2) is 29.2 Å². The van der Waals surface area contributed by atoms with Gasteiger partial charge in [-0.3, -0.25) is 0 Å². The summed E-state index contributed by atoms with van der Waals surface area (Å²) in [5.74, 6) is 0.765. The third-order valence-corrected chi connectivity index (χ3v) is 4.84. The second-order valence-corrected chi connectivity index (χ2v) is 7.02. The van der Waals surface area contributed by atoms with E-state index in [4.69, 9.17) is 5.73 Å². The first-order valence-corrected chi connectivity index (χ1v) is 8.14. The molecule has 108 valence electrons. The molecule has 0 saturated carbocycles. The third kappa shape index (κ3) is 4.93. The van der Waals surface area contributed by atoms with Gasteiger partial charge in [0.15, 0.2) is 0 Å². The molecule has 0 fully saturated rings. The van der Waals surface area contributed by atoms with E-state index in [1.807, 2.05) is 19.1 Å². The van der Waals surface area contributed by atoms with Gasteiger partial charge in [-0.2, -0.15) is 0 Å². The van der Waals surface area contributed by atoms with Crippen molar-refractivity contribution < 1.29 is 8.42 Å². The molecule has 1 rings (SSSR count). The van der Waals surface area contributed by atoms with Gasteiger partial charge in [-0.15, -0.1) is 0 Å². The van der Waals surface area contributed by atoms with E-state index in [0.717, 1.165) is 12.0 Å². The molecule has 1 unspecified atom stereocenters. The molecule has 1 aromatic carbocycles. The van der Waals surface area contributed by atoms with Gasteiger partial charge in [0, 0.05) is 6.54 Å². The van der Waals surface area contributed by atoms with Gasteiger partial charge in [0.05, 0.1) is 4.90 Å². The van der Waals surface area contributed by atoms with Crippen LogP contribution in [0.1, 0.15) is 26.3 Å². The zero-order chi connectivity index (χ0) is 14.5. The number of nitrogens with two attached hydrogens (primary N) is 1. The van der Waals surface area contributed by atoms with Crippen molar-refractivity contribution in [3.8, 4) is 0 Å². The van der Waals surface area contributed by atoms with Crippen molar-refractivity contribution >= 4 is 10.0 Å². The Kier molecular flexibility index (Phi) is 5.97. The summed E-state index contributed by atoms with van der Waals surface area (Å²) in [6, 6.07) is 6.89. The smallest absolute Gasteiger partial charge is 0.240 e. The molecular weight excluding hydrogens is 260 g/mol. The number of benzene rings is 1. The minimum atomic E-state index is -3.40. The summed E-state index contributed by atoms with van der Waals surface area (Å²) in [6.07, 6.45) is 0.762. The molecule has 0 amide bonds. The molecule has 0 aliphatic carbocycles. The zero-order valence-corrected chi connectivity index (χ0v) is 12.7. The molecule has 0 spiro atoms. The number of hydrogen-bond acceptors (Lipinski definition) is 3. The molecule has 0 aromatic heterocycles. The first kappa shape index (κ1) is 16.1. The highest BCUT2D eigenvalue weighted by Crippen LogP contribution is 2.13. The van der Waals surface area contributed by atoms with Crippen molar-refractivity contribution in [1.82, 2.24) is 4.72 Å². The quantitative estimate of drug-likeness (QED) is 0.801. The molecule has 0 aliphatic heterocycles. The van der Waals surface area contributed by atoms with E-state index < -0.39 is 10.0 Å². The van der Waals surface area contributed by atoms with Crippen LogP contribution in [0, 0.1) is 11.8 Å². The Hall–Kier alpha value is -0.910. The lowest BCUT2D eigenvalue weighted by Crippen LogP contribution is -2.30. The Morgan fingerprint density at radius 2 is 1.74 bits per heavy atom. The maximum Gasteiger partial charge on any atom is 0.240 e. The summed E-state index contributed by atoms with van der Waals surface area (Å²) in [6.45, 7) is 7.24. The molecule has 0 saturated heterocycles. The molecule has 3 N–H and O–H groups in total. The number of hydrogen-bond donors (Lipinski definition) is 2. The van der Waals surface area contributed by atoms with E-state index in [2.05, 4.69) is 18.6 Å². The number of nitrogens with one attached hydrogen (secondary N) is 1. The average molecular weight is 284 g/mol. The normalized spacial score (nSPS) is 13.7. The van der Waals surface area contributed by atoms with Gasteiger partial charge in [0.25, 0.3) is 0 Å². The molecule has 19 heavy (non-hydrogen) atoms. The van der Waals surface area contributed by atoms with Gasteiger partial charge in [0.1, 0.15) is 0 Å². The van der Waals surface area contributed by atoms with Crippen molar-refractivity contribution in [2.75, 3.05) is 13.1 Å². The van der Waals surface area contributed by atoms with Crippen LogP contribution >= 0.6 is 0 Å². The standard InChI is InChI=1S/C14H24N2O2S/c1-11(2)12(3)10-16-19(17,18)14-6-4-13(5-7-14)8-9-15/h4-7,11-12,16H,8-10,15H2,1-3H3. The summed E-state index contributed by atoms with van der Waals surface area (Å²) < 4.78 is 26.8. The van der Waals surface area contributed by atoms with E-state index in [9.17, 15) is 8.42 Å². The summed E-state index contributed by atoms with van der Waals surface area (Å²) in [7, 11) is -3.40. The van der Waals surface area contributed by atoms with Crippen LogP contribution in [0.2, 0.25) is 0 Å². The highest BCUT2D eigenvalue weighted by molar-refractivity contribution is 7.89. The lowest BCUT2D eigenvalue weighted by atomic mass is 9.99. The molecule has 1 atom stereocenters. The van der Waals surface area contributed by atoms with Crippen molar-refractivity contribution in [3.63, 3.8) is 0 Å². The maximum absolute atomic E-state index is 12.1. The minimum absolute atomic E-state index is 0.309. The first-order chi connectivity index (χ1) is 8.86. The zero-order valence-electron chi connectivity index (χ0n) is 11.9. The maximum atomic E-state index is 12.1. The second-order valence-electron chi connectivity index (χ2n) is 5.26. The van der Waals surface area contributed by atoms with Crippen LogP contribution in [0.3, 0.4) is 0 Å². The van der Waals surface area contributed by atoms with E-state index >= 15 is 0 Å². The lowest BCUT2D eigenvalue weighted by Gasteiger charge is -2.16. The summed E-state index contributed by atoms with van der Waals surface area (Å²) in [5.41, 5.74) is 6.52. The largest absolute Gasteiger partial charge is 0.330 e. The van der Waals surface area contributed by atoms with E-state index in [1.54, 1.807) is 12.1 Å². The van der Waals surface area contributed by atoms with Crippen LogP contribution in [-0.4, -0.2) is 21.5 Å². The summed E-state index contributed by atoms with van der Waals surface area (Å²) in [4.78, 5) is 0.309. The van der Waals surface area contributed by atoms with Crippen LogP contribution in [-0.2, 0) is 16.4 Å². The summed E-state index contributed by atoms with van der Waals surface area (Å²) in [5, 5.41) is 0.